The van der Waals surface area contributed by atoms with Gasteiger partial charge in [0.25, 0.3) is 10.0 Å². The molecule has 37 heavy (non-hydrogen) atoms. The first kappa shape index (κ1) is 27.7. The van der Waals surface area contributed by atoms with Crippen molar-refractivity contribution in [3.05, 3.63) is 72.3 Å². The Hall–Kier alpha value is -3.92. The molecule has 0 heterocycles. The van der Waals surface area contributed by atoms with Gasteiger partial charge in [-0.15, -0.1) is 0 Å². The van der Waals surface area contributed by atoms with Gasteiger partial charge in [-0.25, -0.2) is 8.42 Å². The molecule has 1 amide bonds. The van der Waals surface area contributed by atoms with Gasteiger partial charge in [-0.2, -0.15) is 0 Å². The number of carbonyl (C=O) groups is 1. The number of nitrogens with zero attached hydrogens (tertiary/aromatic N) is 1. The minimum Gasteiger partial charge on any atom is -0.497 e. The molecule has 1 N–H and O–H groups in total. The van der Waals surface area contributed by atoms with Crippen molar-refractivity contribution in [3.8, 4) is 23.0 Å². The standard InChI is InChI=1S/C27H32N2O7S/c1-19-6-13-24(14-7-19)37(31,32)29(21-8-15-25(34-4)26(16-21)35-5)17-27(30)28-20(2)18-36-23-11-9-22(33-3)10-12-23/h6-16,20H,17-18H2,1-5H3,(H,28,30). The summed E-state index contributed by atoms with van der Waals surface area (Å²) in [6.07, 6.45) is 0. The van der Waals surface area contributed by atoms with Gasteiger partial charge in [0, 0.05) is 6.07 Å². The van der Waals surface area contributed by atoms with Gasteiger partial charge in [0.15, 0.2) is 11.5 Å². The smallest absolute Gasteiger partial charge is 0.264 e. The SMILES string of the molecule is COc1ccc(OCC(C)NC(=O)CN(c2ccc(OC)c(OC)c2)S(=O)(=O)c2ccc(C)cc2)cc1. The first-order valence-corrected chi connectivity index (χ1v) is 13.0. The maximum atomic E-state index is 13.6. The molecule has 0 aliphatic carbocycles. The van der Waals surface area contributed by atoms with Gasteiger partial charge in [0.2, 0.25) is 5.91 Å². The van der Waals surface area contributed by atoms with Gasteiger partial charge >= 0.3 is 0 Å². The van der Waals surface area contributed by atoms with Gasteiger partial charge < -0.3 is 24.3 Å². The van der Waals surface area contributed by atoms with Crippen LogP contribution in [0.25, 0.3) is 0 Å². The molecule has 9 nitrogen and oxygen atoms in total. The van der Waals surface area contributed by atoms with E-state index in [4.69, 9.17) is 18.9 Å². The minimum atomic E-state index is -4.08. The molecule has 0 aliphatic heterocycles. The summed E-state index contributed by atoms with van der Waals surface area (Å²) in [7, 11) is 0.449. The summed E-state index contributed by atoms with van der Waals surface area (Å²) in [6, 6.07) is 17.8. The molecule has 1 atom stereocenters. The summed E-state index contributed by atoms with van der Waals surface area (Å²) in [6.45, 7) is 3.39. The lowest BCUT2D eigenvalue weighted by Gasteiger charge is -2.26. The van der Waals surface area contributed by atoms with Crippen LogP contribution in [0.1, 0.15) is 12.5 Å². The summed E-state index contributed by atoms with van der Waals surface area (Å²) in [5.41, 5.74) is 1.18. The Bertz CT molecular complexity index is 1290. The van der Waals surface area contributed by atoms with Gasteiger partial charge in [0.05, 0.1) is 38.0 Å². The molecule has 0 saturated carbocycles. The Morgan fingerprint density at radius 2 is 1.49 bits per heavy atom. The number of aryl methyl sites for hydroxylation is 1. The third-order valence-electron chi connectivity index (χ3n) is 5.52. The number of methoxy groups -OCH3 is 3. The molecule has 0 fully saturated rings. The molecule has 0 bridgehead atoms. The second-order valence-corrected chi connectivity index (χ2v) is 10.2. The third kappa shape index (κ3) is 7.07. The van der Waals surface area contributed by atoms with Crippen LogP contribution >= 0.6 is 0 Å². The van der Waals surface area contributed by atoms with Crippen molar-refractivity contribution in [2.24, 2.45) is 0 Å². The minimum absolute atomic E-state index is 0.0663. The number of anilines is 1. The van der Waals surface area contributed by atoms with Crippen LogP contribution in [0.5, 0.6) is 23.0 Å². The van der Waals surface area contributed by atoms with Crippen LogP contribution in [0, 0.1) is 6.92 Å². The highest BCUT2D eigenvalue weighted by molar-refractivity contribution is 7.92. The van der Waals surface area contributed by atoms with E-state index in [1.54, 1.807) is 62.6 Å². The molecule has 0 aromatic heterocycles. The van der Waals surface area contributed by atoms with Gasteiger partial charge in [-0.05, 0) is 62.4 Å². The number of benzene rings is 3. The molecule has 3 rings (SSSR count). The van der Waals surface area contributed by atoms with Crippen molar-refractivity contribution in [1.82, 2.24) is 5.32 Å². The monoisotopic (exact) mass is 528 g/mol. The van der Waals surface area contributed by atoms with E-state index in [-0.39, 0.29) is 23.2 Å². The van der Waals surface area contributed by atoms with E-state index in [9.17, 15) is 13.2 Å². The van der Waals surface area contributed by atoms with Crippen LogP contribution in [0.3, 0.4) is 0 Å². The molecule has 0 spiro atoms. The first-order chi connectivity index (χ1) is 17.7. The van der Waals surface area contributed by atoms with Crippen molar-refractivity contribution in [2.45, 2.75) is 24.8 Å². The molecule has 10 heteroatoms. The molecule has 3 aromatic rings. The van der Waals surface area contributed by atoms with E-state index >= 15 is 0 Å². The van der Waals surface area contributed by atoms with E-state index < -0.39 is 22.5 Å². The fraction of sp³-hybridized carbons (Fsp3) is 0.296. The molecule has 0 saturated heterocycles. The maximum absolute atomic E-state index is 13.6. The Balaban J connectivity index is 1.80. The summed E-state index contributed by atoms with van der Waals surface area (Å²) in [5.74, 6) is 1.62. The number of rotatable bonds is 12. The lowest BCUT2D eigenvalue weighted by atomic mass is 10.2. The summed E-state index contributed by atoms with van der Waals surface area (Å²) in [4.78, 5) is 13.1. The van der Waals surface area contributed by atoms with Crippen molar-refractivity contribution < 1.29 is 32.2 Å². The highest BCUT2D eigenvalue weighted by atomic mass is 32.2. The zero-order valence-electron chi connectivity index (χ0n) is 21.6. The first-order valence-electron chi connectivity index (χ1n) is 11.6. The number of ether oxygens (including phenoxy) is 4. The number of hydrogen-bond acceptors (Lipinski definition) is 7. The quantitative estimate of drug-likeness (QED) is 0.381. The highest BCUT2D eigenvalue weighted by Gasteiger charge is 2.28. The number of amides is 1. The Morgan fingerprint density at radius 1 is 0.865 bits per heavy atom. The second kappa shape index (κ2) is 12.4. The van der Waals surface area contributed by atoms with Gasteiger partial charge in [0.1, 0.15) is 24.7 Å². The molecule has 1 unspecified atom stereocenters. The average Bonchev–Trinajstić information content (AvgIpc) is 2.90. The Morgan fingerprint density at radius 3 is 2.08 bits per heavy atom. The summed E-state index contributed by atoms with van der Waals surface area (Å²) < 4.78 is 49.8. The Labute approximate surface area is 218 Å². The average molecular weight is 529 g/mol. The van der Waals surface area contributed by atoms with Crippen molar-refractivity contribution in [3.63, 3.8) is 0 Å². The topological polar surface area (TPSA) is 103 Å². The maximum Gasteiger partial charge on any atom is 0.264 e. The lowest BCUT2D eigenvalue weighted by molar-refractivity contribution is -0.120. The van der Waals surface area contributed by atoms with Crippen LogP contribution in [-0.2, 0) is 14.8 Å². The molecular weight excluding hydrogens is 496 g/mol. The predicted octanol–water partition coefficient (Wildman–Crippen LogP) is 3.80. The highest BCUT2D eigenvalue weighted by Crippen LogP contribution is 2.33. The van der Waals surface area contributed by atoms with E-state index in [1.165, 1.54) is 32.4 Å². The van der Waals surface area contributed by atoms with Crippen LogP contribution in [0.15, 0.2) is 71.6 Å². The number of nitrogens with one attached hydrogen (secondary N) is 1. The van der Waals surface area contributed by atoms with Crippen LogP contribution in [-0.4, -0.2) is 54.8 Å². The number of sulfonamides is 1. The zero-order valence-corrected chi connectivity index (χ0v) is 22.4. The molecule has 3 aromatic carbocycles. The third-order valence-corrected chi connectivity index (χ3v) is 7.31. The fourth-order valence-electron chi connectivity index (χ4n) is 3.52. The number of hydrogen-bond donors (Lipinski definition) is 1. The van der Waals surface area contributed by atoms with Crippen LogP contribution in [0.2, 0.25) is 0 Å². The van der Waals surface area contributed by atoms with E-state index in [2.05, 4.69) is 5.32 Å². The van der Waals surface area contributed by atoms with E-state index in [0.717, 1.165) is 9.87 Å². The molecule has 198 valence electrons. The van der Waals surface area contributed by atoms with Crippen molar-refractivity contribution in [1.29, 1.82) is 0 Å². The normalized spacial score (nSPS) is 11.8. The van der Waals surface area contributed by atoms with Crippen LogP contribution < -0.4 is 28.6 Å². The van der Waals surface area contributed by atoms with Gasteiger partial charge in [-0.1, -0.05) is 17.7 Å². The summed E-state index contributed by atoms with van der Waals surface area (Å²) in [5, 5.41) is 2.81. The molecule has 0 aliphatic rings. The predicted molar refractivity (Wildman–Crippen MR) is 141 cm³/mol. The largest absolute Gasteiger partial charge is 0.497 e. The summed E-state index contributed by atoms with van der Waals surface area (Å²) >= 11 is 0. The molecule has 0 radical (unpaired) electrons. The number of carbonyl (C=O) groups excluding carboxylic acids is 1. The van der Waals surface area contributed by atoms with E-state index in [0.29, 0.717) is 23.0 Å². The fourth-order valence-corrected chi connectivity index (χ4v) is 4.93. The van der Waals surface area contributed by atoms with Gasteiger partial charge in [-0.3, -0.25) is 9.10 Å². The van der Waals surface area contributed by atoms with Crippen LogP contribution in [0.4, 0.5) is 5.69 Å². The van der Waals surface area contributed by atoms with E-state index in [1.807, 2.05) is 6.92 Å². The lowest BCUT2D eigenvalue weighted by Crippen LogP contribution is -2.45. The zero-order chi connectivity index (χ0) is 27.0. The second-order valence-electron chi connectivity index (χ2n) is 8.32. The van der Waals surface area contributed by atoms with Crippen molar-refractivity contribution >= 4 is 21.6 Å². The molecular formula is C27H32N2O7S. The van der Waals surface area contributed by atoms with Crippen molar-refractivity contribution in [2.75, 3.05) is 38.8 Å². The Kier molecular flexibility index (Phi) is 9.24.